The Morgan fingerprint density at radius 3 is 2.89 bits per heavy atom. The molecule has 0 aliphatic carbocycles. The SMILES string of the molecule is CNC(=O)c1[nH]c2c(c1-c1ccc3[nH]ncc3c1)C(C)(C)Oc1cnccc1-2. The van der Waals surface area contributed by atoms with E-state index in [-0.39, 0.29) is 5.91 Å². The monoisotopic (exact) mass is 373 g/mol. The van der Waals surface area contributed by atoms with E-state index in [9.17, 15) is 4.79 Å². The van der Waals surface area contributed by atoms with E-state index in [0.29, 0.717) is 11.4 Å². The average Bonchev–Trinajstić information content (AvgIpc) is 3.31. The van der Waals surface area contributed by atoms with Crippen molar-refractivity contribution in [2.45, 2.75) is 19.4 Å². The Morgan fingerprint density at radius 2 is 2.07 bits per heavy atom. The van der Waals surface area contributed by atoms with Gasteiger partial charge in [0.05, 0.1) is 23.6 Å². The van der Waals surface area contributed by atoms with Crippen LogP contribution in [0.3, 0.4) is 0 Å². The molecular formula is C21H19N5O2. The highest BCUT2D eigenvalue weighted by atomic mass is 16.5. The average molecular weight is 373 g/mol. The van der Waals surface area contributed by atoms with Gasteiger partial charge in [-0.2, -0.15) is 5.10 Å². The third-order valence-electron chi connectivity index (χ3n) is 5.20. The van der Waals surface area contributed by atoms with Crippen LogP contribution in [0.25, 0.3) is 33.3 Å². The van der Waals surface area contributed by atoms with Crippen LogP contribution in [0.5, 0.6) is 5.75 Å². The number of hydrogen-bond acceptors (Lipinski definition) is 4. The van der Waals surface area contributed by atoms with Crippen LogP contribution in [0.15, 0.2) is 42.9 Å². The highest BCUT2D eigenvalue weighted by molar-refractivity contribution is 6.04. The van der Waals surface area contributed by atoms with Crippen LogP contribution in [0.4, 0.5) is 0 Å². The van der Waals surface area contributed by atoms with Gasteiger partial charge in [-0.25, -0.2) is 0 Å². The highest BCUT2D eigenvalue weighted by Gasteiger charge is 2.39. The summed E-state index contributed by atoms with van der Waals surface area (Å²) in [6.07, 6.45) is 5.21. The van der Waals surface area contributed by atoms with E-state index in [0.717, 1.165) is 38.9 Å². The lowest BCUT2D eigenvalue weighted by Gasteiger charge is -2.33. The van der Waals surface area contributed by atoms with Crippen LogP contribution in [-0.2, 0) is 5.60 Å². The third kappa shape index (κ3) is 2.26. The zero-order valence-corrected chi connectivity index (χ0v) is 15.8. The molecule has 3 aromatic heterocycles. The maximum absolute atomic E-state index is 12.7. The number of amides is 1. The highest BCUT2D eigenvalue weighted by Crippen LogP contribution is 2.49. The van der Waals surface area contributed by atoms with Gasteiger partial charge in [-0.3, -0.25) is 14.9 Å². The molecule has 0 fully saturated rings. The third-order valence-corrected chi connectivity index (χ3v) is 5.20. The molecule has 0 saturated heterocycles. The van der Waals surface area contributed by atoms with Gasteiger partial charge in [0.2, 0.25) is 0 Å². The van der Waals surface area contributed by atoms with Gasteiger partial charge in [-0.1, -0.05) is 6.07 Å². The van der Waals surface area contributed by atoms with Crippen molar-refractivity contribution in [2.75, 3.05) is 7.05 Å². The maximum Gasteiger partial charge on any atom is 0.268 e. The lowest BCUT2D eigenvalue weighted by atomic mass is 9.85. The normalized spacial score (nSPS) is 14.2. The summed E-state index contributed by atoms with van der Waals surface area (Å²) >= 11 is 0. The topological polar surface area (TPSA) is 95.7 Å². The number of nitrogens with one attached hydrogen (secondary N) is 3. The molecule has 4 heterocycles. The van der Waals surface area contributed by atoms with Crippen molar-refractivity contribution in [1.82, 2.24) is 25.5 Å². The number of fused-ring (bicyclic) bond motifs is 4. The molecule has 7 heteroatoms. The van der Waals surface area contributed by atoms with Crippen molar-refractivity contribution in [1.29, 1.82) is 0 Å². The molecule has 3 N–H and O–H groups in total. The Kier molecular flexibility index (Phi) is 3.37. The molecule has 140 valence electrons. The number of H-pyrrole nitrogens is 2. The Bertz CT molecular complexity index is 1230. The van der Waals surface area contributed by atoms with Gasteiger partial charge in [-0.05, 0) is 37.6 Å². The van der Waals surface area contributed by atoms with Crippen LogP contribution in [-0.4, -0.2) is 33.1 Å². The fourth-order valence-corrected chi connectivity index (χ4v) is 3.98. The molecular weight excluding hydrogens is 354 g/mol. The summed E-state index contributed by atoms with van der Waals surface area (Å²) in [5.74, 6) is 0.518. The van der Waals surface area contributed by atoms with E-state index in [1.165, 1.54) is 0 Å². The van der Waals surface area contributed by atoms with Crippen molar-refractivity contribution in [3.8, 4) is 28.1 Å². The summed E-state index contributed by atoms with van der Waals surface area (Å²) in [5, 5.41) is 10.8. The largest absolute Gasteiger partial charge is 0.481 e. The van der Waals surface area contributed by atoms with E-state index in [1.54, 1.807) is 25.6 Å². The van der Waals surface area contributed by atoms with Crippen LogP contribution in [0, 0.1) is 0 Å². The van der Waals surface area contributed by atoms with Crippen LogP contribution >= 0.6 is 0 Å². The number of hydrogen-bond donors (Lipinski definition) is 3. The molecule has 0 bridgehead atoms. The van der Waals surface area contributed by atoms with Crippen molar-refractivity contribution in [3.05, 3.63) is 54.1 Å². The first kappa shape index (κ1) is 16.6. The molecule has 1 amide bonds. The fourth-order valence-electron chi connectivity index (χ4n) is 3.98. The van der Waals surface area contributed by atoms with Crippen molar-refractivity contribution in [2.24, 2.45) is 0 Å². The van der Waals surface area contributed by atoms with Gasteiger partial charge < -0.3 is 15.0 Å². The minimum Gasteiger partial charge on any atom is -0.481 e. The lowest BCUT2D eigenvalue weighted by Crippen LogP contribution is -2.29. The molecule has 0 spiro atoms. The molecule has 0 saturated carbocycles. The van der Waals surface area contributed by atoms with E-state index >= 15 is 0 Å². The number of carbonyl (C=O) groups is 1. The summed E-state index contributed by atoms with van der Waals surface area (Å²) in [6, 6.07) is 7.90. The summed E-state index contributed by atoms with van der Waals surface area (Å²) in [6.45, 7) is 4.01. The minimum atomic E-state index is -0.644. The summed E-state index contributed by atoms with van der Waals surface area (Å²) in [4.78, 5) is 20.3. The Hall–Kier alpha value is -3.61. The quantitative estimate of drug-likeness (QED) is 0.500. The molecule has 0 unspecified atom stereocenters. The predicted molar refractivity (Wildman–Crippen MR) is 106 cm³/mol. The number of aromatic amines is 2. The molecule has 4 aromatic rings. The lowest BCUT2D eigenvalue weighted by molar-refractivity contribution is 0.0959. The van der Waals surface area contributed by atoms with Gasteiger partial charge >= 0.3 is 0 Å². The second-order valence-electron chi connectivity index (χ2n) is 7.36. The summed E-state index contributed by atoms with van der Waals surface area (Å²) in [7, 11) is 1.63. The predicted octanol–water partition coefficient (Wildman–Crippen LogP) is 3.61. The molecule has 1 aliphatic rings. The number of carbonyl (C=O) groups excluding carboxylic acids is 1. The smallest absolute Gasteiger partial charge is 0.268 e. The molecule has 1 aliphatic heterocycles. The fraction of sp³-hybridized carbons (Fsp3) is 0.190. The van der Waals surface area contributed by atoms with E-state index < -0.39 is 5.60 Å². The number of rotatable bonds is 2. The first-order valence-electron chi connectivity index (χ1n) is 9.05. The van der Waals surface area contributed by atoms with Crippen LogP contribution < -0.4 is 10.1 Å². The van der Waals surface area contributed by atoms with E-state index in [2.05, 4.69) is 25.5 Å². The first-order valence-corrected chi connectivity index (χ1v) is 9.05. The number of benzene rings is 1. The number of aromatic nitrogens is 4. The molecule has 0 atom stereocenters. The number of pyridine rings is 1. The van der Waals surface area contributed by atoms with E-state index in [4.69, 9.17) is 4.74 Å². The number of ether oxygens (including phenoxy) is 1. The van der Waals surface area contributed by atoms with Crippen LogP contribution in [0.2, 0.25) is 0 Å². The van der Waals surface area contributed by atoms with E-state index in [1.807, 2.05) is 38.1 Å². The standard InChI is InChI=1S/C21H19N5O2/c1-21(2)17-16(11-4-5-14-12(8-11)9-24-26-14)19(20(27)22-3)25-18(17)13-6-7-23-10-15(13)28-21/h4-10,25H,1-3H3,(H,22,27)(H,24,26). The summed E-state index contributed by atoms with van der Waals surface area (Å²) in [5.41, 5.74) is 5.31. The maximum atomic E-state index is 12.7. The van der Waals surface area contributed by atoms with Gasteiger partial charge in [0.25, 0.3) is 5.91 Å². The molecule has 0 radical (unpaired) electrons. The zero-order chi connectivity index (χ0) is 19.5. The van der Waals surface area contributed by atoms with Gasteiger partial charge in [0.1, 0.15) is 17.0 Å². The van der Waals surface area contributed by atoms with Gasteiger partial charge in [0, 0.05) is 35.3 Å². The Morgan fingerprint density at radius 1 is 1.21 bits per heavy atom. The molecule has 28 heavy (non-hydrogen) atoms. The second-order valence-corrected chi connectivity index (χ2v) is 7.36. The molecule has 7 nitrogen and oxygen atoms in total. The van der Waals surface area contributed by atoms with Gasteiger partial charge in [-0.15, -0.1) is 0 Å². The minimum absolute atomic E-state index is 0.178. The van der Waals surface area contributed by atoms with Crippen molar-refractivity contribution < 1.29 is 9.53 Å². The zero-order valence-electron chi connectivity index (χ0n) is 15.8. The van der Waals surface area contributed by atoms with Gasteiger partial charge in [0.15, 0.2) is 0 Å². The Labute approximate surface area is 161 Å². The first-order chi connectivity index (χ1) is 13.5. The molecule has 5 rings (SSSR count). The second kappa shape index (κ2) is 5.69. The van der Waals surface area contributed by atoms with Crippen molar-refractivity contribution in [3.63, 3.8) is 0 Å². The summed E-state index contributed by atoms with van der Waals surface area (Å²) < 4.78 is 6.27. The Balaban J connectivity index is 1.86. The van der Waals surface area contributed by atoms with Crippen molar-refractivity contribution >= 4 is 16.8 Å². The molecule has 1 aromatic carbocycles. The number of nitrogens with zero attached hydrogens (tertiary/aromatic N) is 2. The van der Waals surface area contributed by atoms with Crippen LogP contribution in [0.1, 0.15) is 29.9 Å².